The van der Waals surface area contributed by atoms with E-state index in [0.29, 0.717) is 10.9 Å². The van der Waals surface area contributed by atoms with Gasteiger partial charge in [-0.3, -0.25) is 10.1 Å². The van der Waals surface area contributed by atoms with Gasteiger partial charge < -0.3 is 4.42 Å². The molecule has 2 heterocycles. The first-order valence-corrected chi connectivity index (χ1v) is 6.36. The number of carbonyl (C=O) groups excluding carboxylic acids is 1. The van der Waals surface area contributed by atoms with Gasteiger partial charge in [0.1, 0.15) is 10.8 Å². The van der Waals surface area contributed by atoms with E-state index < -0.39 is 0 Å². The van der Waals surface area contributed by atoms with Gasteiger partial charge in [0.15, 0.2) is 5.76 Å². The van der Waals surface area contributed by atoms with Crippen molar-refractivity contribution in [3.63, 3.8) is 0 Å². The van der Waals surface area contributed by atoms with E-state index in [9.17, 15) is 4.79 Å². The van der Waals surface area contributed by atoms with Crippen LogP contribution < -0.4 is 5.32 Å². The minimum atomic E-state index is -0.347. The molecule has 2 rings (SSSR count). The van der Waals surface area contributed by atoms with Gasteiger partial charge in [-0.15, -0.1) is 21.8 Å². The van der Waals surface area contributed by atoms with Gasteiger partial charge in [-0.25, -0.2) is 0 Å². The van der Waals surface area contributed by atoms with Gasteiger partial charge in [-0.05, 0) is 18.6 Å². The number of aromatic nitrogens is 2. The van der Waals surface area contributed by atoms with Crippen LogP contribution in [0, 0.1) is 0 Å². The molecule has 1 amide bonds. The second-order valence-corrected chi connectivity index (χ2v) is 4.54. The van der Waals surface area contributed by atoms with Crippen LogP contribution in [0.1, 0.15) is 28.2 Å². The average molecular weight is 272 g/mol. The molecule has 2 aromatic heterocycles. The van der Waals surface area contributed by atoms with Crippen LogP contribution in [0.4, 0.5) is 5.13 Å². The molecule has 17 heavy (non-hydrogen) atoms. The van der Waals surface area contributed by atoms with Crippen molar-refractivity contribution in [2.45, 2.75) is 19.2 Å². The van der Waals surface area contributed by atoms with E-state index in [1.54, 1.807) is 12.1 Å². The van der Waals surface area contributed by atoms with Crippen molar-refractivity contribution in [3.8, 4) is 0 Å². The predicted molar refractivity (Wildman–Crippen MR) is 65.5 cm³/mol. The zero-order chi connectivity index (χ0) is 12.3. The Hall–Kier alpha value is -1.40. The minimum Gasteiger partial charge on any atom is -0.455 e. The van der Waals surface area contributed by atoms with E-state index in [1.807, 2.05) is 6.92 Å². The van der Waals surface area contributed by atoms with Crippen molar-refractivity contribution in [2.24, 2.45) is 0 Å². The molecule has 1 N–H and O–H groups in total. The molecule has 0 spiro atoms. The topological polar surface area (TPSA) is 68.0 Å². The number of alkyl halides is 1. The summed E-state index contributed by atoms with van der Waals surface area (Å²) in [6, 6.07) is 3.24. The Bertz CT molecular complexity index is 523. The summed E-state index contributed by atoms with van der Waals surface area (Å²) in [7, 11) is 0. The third kappa shape index (κ3) is 2.83. The maximum Gasteiger partial charge on any atom is 0.293 e. The summed E-state index contributed by atoms with van der Waals surface area (Å²) in [5.74, 6) is 0.670. The predicted octanol–water partition coefficient (Wildman–Crippen LogP) is 2.68. The third-order valence-electron chi connectivity index (χ3n) is 2.01. The van der Waals surface area contributed by atoms with Crippen molar-refractivity contribution in [1.29, 1.82) is 0 Å². The highest BCUT2D eigenvalue weighted by Gasteiger charge is 2.13. The molecule has 0 bridgehead atoms. The fourth-order valence-electron chi connectivity index (χ4n) is 1.18. The summed E-state index contributed by atoms with van der Waals surface area (Å²) in [6.07, 6.45) is 0.796. The lowest BCUT2D eigenvalue weighted by atomic mass is 10.4. The minimum absolute atomic E-state index is 0.217. The molecule has 5 nitrogen and oxygen atoms in total. The Morgan fingerprint density at radius 1 is 1.53 bits per heavy atom. The van der Waals surface area contributed by atoms with Crippen LogP contribution in [0.15, 0.2) is 16.5 Å². The number of furan rings is 1. The number of carbonyl (C=O) groups is 1. The Morgan fingerprint density at radius 2 is 2.35 bits per heavy atom. The number of amides is 1. The molecule has 0 aliphatic carbocycles. The molecule has 0 aliphatic rings. The standard InChI is InChI=1S/C10H10ClN3O2S/c1-2-8-13-14-10(17-8)12-9(15)7-4-3-6(5-11)16-7/h3-4H,2,5H2,1H3,(H,12,14,15). The Morgan fingerprint density at radius 3 is 2.94 bits per heavy atom. The molecular weight excluding hydrogens is 262 g/mol. The first kappa shape index (κ1) is 12.1. The molecule has 0 saturated carbocycles. The van der Waals surface area contributed by atoms with Gasteiger partial charge in [0.2, 0.25) is 5.13 Å². The number of nitrogens with one attached hydrogen (secondary N) is 1. The first-order valence-electron chi connectivity index (χ1n) is 5.01. The maximum absolute atomic E-state index is 11.7. The van der Waals surface area contributed by atoms with Gasteiger partial charge in [0.05, 0.1) is 5.88 Å². The van der Waals surface area contributed by atoms with Crippen molar-refractivity contribution in [1.82, 2.24) is 10.2 Å². The molecule has 0 radical (unpaired) electrons. The number of hydrogen-bond donors (Lipinski definition) is 1. The molecule has 0 fully saturated rings. The van der Waals surface area contributed by atoms with Gasteiger partial charge in [0.25, 0.3) is 5.91 Å². The third-order valence-corrected chi connectivity index (χ3v) is 3.25. The molecule has 0 aliphatic heterocycles. The van der Waals surface area contributed by atoms with Gasteiger partial charge >= 0.3 is 0 Å². The van der Waals surface area contributed by atoms with Gasteiger partial charge in [-0.1, -0.05) is 18.3 Å². The van der Waals surface area contributed by atoms with Crippen LogP contribution in [0.5, 0.6) is 0 Å². The zero-order valence-electron chi connectivity index (χ0n) is 9.07. The zero-order valence-corrected chi connectivity index (χ0v) is 10.6. The maximum atomic E-state index is 11.7. The van der Waals surface area contributed by atoms with Crippen LogP contribution in [0.2, 0.25) is 0 Å². The second kappa shape index (κ2) is 5.29. The van der Waals surface area contributed by atoms with Crippen molar-refractivity contribution in [2.75, 3.05) is 5.32 Å². The van der Waals surface area contributed by atoms with E-state index in [-0.39, 0.29) is 17.5 Å². The van der Waals surface area contributed by atoms with Crippen LogP contribution in [-0.2, 0) is 12.3 Å². The Kier molecular flexibility index (Phi) is 3.75. The lowest BCUT2D eigenvalue weighted by molar-refractivity contribution is 0.0995. The van der Waals surface area contributed by atoms with Gasteiger partial charge in [-0.2, -0.15) is 0 Å². The summed E-state index contributed by atoms with van der Waals surface area (Å²) in [6.45, 7) is 1.98. The lowest BCUT2D eigenvalue weighted by Crippen LogP contribution is -2.10. The number of halogens is 1. The second-order valence-electron chi connectivity index (χ2n) is 3.21. The SMILES string of the molecule is CCc1nnc(NC(=O)c2ccc(CCl)o2)s1. The van der Waals surface area contributed by atoms with E-state index >= 15 is 0 Å². The largest absolute Gasteiger partial charge is 0.455 e. The van der Waals surface area contributed by atoms with Crippen LogP contribution in [0.25, 0.3) is 0 Å². The highest BCUT2D eigenvalue weighted by atomic mass is 35.5. The molecule has 0 unspecified atom stereocenters. The molecule has 90 valence electrons. The van der Waals surface area contributed by atoms with Crippen molar-refractivity contribution < 1.29 is 9.21 Å². The summed E-state index contributed by atoms with van der Waals surface area (Å²) < 4.78 is 5.21. The van der Waals surface area contributed by atoms with E-state index in [2.05, 4.69) is 15.5 Å². The number of rotatable bonds is 4. The Balaban J connectivity index is 2.05. The summed E-state index contributed by atoms with van der Waals surface area (Å²) >= 11 is 6.93. The fraction of sp³-hybridized carbons (Fsp3) is 0.300. The van der Waals surface area contributed by atoms with E-state index in [4.69, 9.17) is 16.0 Å². The lowest BCUT2D eigenvalue weighted by Gasteiger charge is -1.96. The fourth-order valence-corrected chi connectivity index (χ4v) is 2.00. The van der Waals surface area contributed by atoms with E-state index in [0.717, 1.165) is 11.4 Å². The van der Waals surface area contributed by atoms with Crippen LogP contribution >= 0.6 is 22.9 Å². The normalized spacial score (nSPS) is 10.5. The smallest absolute Gasteiger partial charge is 0.293 e. The van der Waals surface area contributed by atoms with Crippen LogP contribution in [0.3, 0.4) is 0 Å². The highest BCUT2D eigenvalue weighted by Crippen LogP contribution is 2.17. The summed E-state index contributed by atoms with van der Waals surface area (Å²) in [4.78, 5) is 11.7. The summed E-state index contributed by atoms with van der Waals surface area (Å²) in [5.41, 5.74) is 0. The first-order chi connectivity index (χ1) is 8.22. The Labute approximate surface area is 107 Å². The average Bonchev–Trinajstić information content (AvgIpc) is 2.96. The number of anilines is 1. The number of nitrogens with zero attached hydrogens (tertiary/aromatic N) is 2. The quantitative estimate of drug-likeness (QED) is 0.868. The molecule has 0 saturated heterocycles. The van der Waals surface area contributed by atoms with Crippen molar-refractivity contribution >= 4 is 34.0 Å². The summed E-state index contributed by atoms with van der Waals surface area (Å²) in [5, 5.41) is 11.7. The molecule has 0 atom stereocenters. The van der Waals surface area contributed by atoms with Crippen molar-refractivity contribution in [3.05, 3.63) is 28.7 Å². The van der Waals surface area contributed by atoms with E-state index in [1.165, 1.54) is 11.3 Å². The molecular formula is C10H10ClN3O2S. The molecule has 2 aromatic rings. The molecule has 7 heteroatoms. The number of aryl methyl sites for hydroxylation is 1. The highest BCUT2D eigenvalue weighted by molar-refractivity contribution is 7.15. The molecule has 0 aromatic carbocycles. The van der Waals surface area contributed by atoms with Crippen LogP contribution in [-0.4, -0.2) is 16.1 Å². The monoisotopic (exact) mass is 271 g/mol. The van der Waals surface area contributed by atoms with Gasteiger partial charge in [0, 0.05) is 0 Å². The number of hydrogen-bond acceptors (Lipinski definition) is 5.